The van der Waals surface area contributed by atoms with E-state index in [0.29, 0.717) is 5.56 Å². The maximum Gasteiger partial charge on any atom is 0.242 e. The highest BCUT2D eigenvalue weighted by molar-refractivity contribution is 7.89. The van der Waals surface area contributed by atoms with Crippen molar-refractivity contribution in [3.8, 4) is 6.07 Å². The first-order valence-corrected chi connectivity index (χ1v) is 6.67. The molecule has 0 spiro atoms. The van der Waals surface area contributed by atoms with Gasteiger partial charge in [0.1, 0.15) is 0 Å². The van der Waals surface area contributed by atoms with E-state index in [4.69, 9.17) is 11.0 Å². The summed E-state index contributed by atoms with van der Waals surface area (Å²) in [5.74, 6) is -0.676. The zero-order chi connectivity index (χ0) is 14.6. The summed E-state index contributed by atoms with van der Waals surface area (Å²) in [4.78, 5) is 10.7. The molecule has 0 aliphatic heterocycles. The largest absolute Gasteiger partial charge is 0.366 e. The average Bonchev–Trinajstić information content (AvgIpc) is 2.35. The summed E-state index contributed by atoms with van der Waals surface area (Å²) in [5, 5.41) is 8.93. The molecule has 1 amide bonds. The van der Waals surface area contributed by atoms with Crippen LogP contribution in [0.15, 0.2) is 29.2 Å². The quantitative estimate of drug-likeness (QED) is 0.800. The fourth-order valence-electron chi connectivity index (χ4n) is 1.32. The number of primary amides is 1. The van der Waals surface area contributed by atoms with Gasteiger partial charge >= 0.3 is 0 Å². The molecule has 2 N–H and O–H groups in total. The Hall–Kier alpha value is -2.17. The molecule has 0 aliphatic rings. The van der Waals surface area contributed by atoms with Crippen LogP contribution in [0.2, 0.25) is 0 Å². The van der Waals surface area contributed by atoms with E-state index in [1.54, 1.807) is 0 Å². The van der Waals surface area contributed by atoms with Crippen molar-refractivity contribution in [3.05, 3.63) is 35.4 Å². The molecule has 0 heterocycles. The number of hydrogen-bond acceptors (Lipinski definition) is 4. The van der Waals surface area contributed by atoms with Crippen LogP contribution in [0, 0.1) is 11.3 Å². The van der Waals surface area contributed by atoms with Crippen LogP contribution < -0.4 is 5.73 Å². The average molecular weight is 279 g/mol. The summed E-state index contributed by atoms with van der Waals surface area (Å²) < 4.78 is 25.0. The lowest BCUT2D eigenvalue weighted by Crippen LogP contribution is -2.22. The van der Waals surface area contributed by atoms with Gasteiger partial charge in [0.2, 0.25) is 15.9 Å². The molecule has 0 fully saturated rings. The lowest BCUT2D eigenvalue weighted by atomic mass is 10.1. The minimum atomic E-state index is -3.59. The van der Waals surface area contributed by atoms with E-state index in [1.165, 1.54) is 38.4 Å². The second-order valence-corrected chi connectivity index (χ2v) is 6.04. The molecule has 0 radical (unpaired) electrons. The first-order valence-electron chi connectivity index (χ1n) is 5.23. The van der Waals surface area contributed by atoms with Gasteiger partial charge < -0.3 is 5.73 Å². The fourth-order valence-corrected chi connectivity index (χ4v) is 2.26. The Kier molecular flexibility index (Phi) is 4.43. The van der Waals surface area contributed by atoms with E-state index in [0.717, 1.165) is 10.4 Å². The Labute approximate surface area is 111 Å². The molecule has 7 heteroatoms. The second kappa shape index (κ2) is 5.65. The number of nitrogens with two attached hydrogens (primary N) is 1. The van der Waals surface area contributed by atoms with Crippen molar-refractivity contribution in [3.63, 3.8) is 0 Å². The molecule has 1 aromatic rings. The number of nitriles is 1. The van der Waals surface area contributed by atoms with Gasteiger partial charge in [0, 0.05) is 20.2 Å². The highest BCUT2D eigenvalue weighted by Crippen LogP contribution is 2.19. The minimum absolute atomic E-state index is 0.0422. The van der Waals surface area contributed by atoms with E-state index >= 15 is 0 Å². The number of amides is 1. The van der Waals surface area contributed by atoms with E-state index in [2.05, 4.69) is 0 Å². The molecule has 100 valence electrons. The van der Waals surface area contributed by atoms with Crippen molar-refractivity contribution >= 4 is 22.0 Å². The summed E-state index contributed by atoms with van der Waals surface area (Å²) in [6.45, 7) is 0. The Morgan fingerprint density at radius 2 is 2.05 bits per heavy atom. The predicted molar refractivity (Wildman–Crippen MR) is 70.3 cm³/mol. The monoisotopic (exact) mass is 279 g/mol. The molecule has 0 saturated heterocycles. The highest BCUT2D eigenvalue weighted by Gasteiger charge is 2.18. The second-order valence-electron chi connectivity index (χ2n) is 3.88. The van der Waals surface area contributed by atoms with Gasteiger partial charge in [-0.25, -0.2) is 12.7 Å². The molecule has 0 aliphatic carbocycles. The zero-order valence-corrected chi connectivity index (χ0v) is 11.3. The lowest BCUT2D eigenvalue weighted by Gasteiger charge is -2.12. The van der Waals surface area contributed by atoms with Crippen LogP contribution in [0.25, 0.3) is 6.08 Å². The molecular formula is C12H13N3O3S. The highest BCUT2D eigenvalue weighted by atomic mass is 32.2. The number of carbonyl (C=O) groups is 1. The van der Waals surface area contributed by atoms with Crippen LogP contribution in [0.4, 0.5) is 0 Å². The van der Waals surface area contributed by atoms with E-state index in [1.807, 2.05) is 6.07 Å². The van der Waals surface area contributed by atoms with E-state index < -0.39 is 15.9 Å². The van der Waals surface area contributed by atoms with Crippen molar-refractivity contribution in [2.45, 2.75) is 4.90 Å². The molecule has 1 rings (SSSR count). The van der Waals surface area contributed by atoms with Gasteiger partial charge in [-0.1, -0.05) is 0 Å². The van der Waals surface area contributed by atoms with Gasteiger partial charge in [-0.15, -0.1) is 0 Å². The third-order valence-corrected chi connectivity index (χ3v) is 4.16. The smallest absolute Gasteiger partial charge is 0.242 e. The van der Waals surface area contributed by atoms with Crippen molar-refractivity contribution in [1.82, 2.24) is 4.31 Å². The number of carbonyl (C=O) groups excluding carboxylic acids is 1. The standard InChI is InChI=1S/C12H13N3O3S/c1-15(2)19(17,18)11-5-3-10(8-13)9(7-11)4-6-12(14)16/h3-7H,1-2H3,(H2,14,16)/b6-4-. The summed E-state index contributed by atoms with van der Waals surface area (Å²) in [7, 11) is -0.771. The molecule has 0 unspecified atom stereocenters. The maximum atomic E-state index is 11.9. The number of hydrogen-bond donors (Lipinski definition) is 1. The number of rotatable bonds is 4. The van der Waals surface area contributed by atoms with Gasteiger partial charge in [-0.05, 0) is 29.8 Å². The van der Waals surface area contributed by atoms with E-state index in [9.17, 15) is 13.2 Å². The van der Waals surface area contributed by atoms with Gasteiger partial charge in [-0.3, -0.25) is 4.79 Å². The lowest BCUT2D eigenvalue weighted by molar-refractivity contribution is -0.113. The van der Waals surface area contributed by atoms with Crippen LogP contribution in [0.5, 0.6) is 0 Å². The zero-order valence-electron chi connectivity index (χ0n) is 10.5. The molecule has 0 atom stereocenters. The number of sulfonamides is 1. The summed E-state index contributed by atoms with van der Waals surface area (Å²) in [6, 6.07) is 5.97. The van der Waals surface area contributed by atoms with Crippen LogP contribution in [-0.2, 0) is 14.8 Å². The third kappa shape index (κ3) is 3.40. The first-order chi connectivity index (χ1) is 8.78. The topological polar surface area (TPSA) is 104 Å². The van der Waals surface area contributed by atoms with Gasteiger partial charge in [0.15, 0.2) is 0 Å². The molecule has 6 nitrogen and oxygen atoms in total. The number of nitrogens with zero attached hydrogens (tertiary/aromatic N) is 2. The molecule has 19 heavy (non-hydrogen) atoms. The van der Waals surface area contributed by atoms with Crippen LogP contribution in [0.3, 0.4) is 0 Å². The Morgan fingerprint density at radius 1 is 1.42 bits per heavy atom. The van der Waals surface area contributed by atoms with Crippen molar-refractivity contribution in [2.24, 2.45) is 5.73 Å². The summed E-state index contributed by atoms with van der Waals surface area (Å²) >= 11 is 0. The molecule has 0 bridgehead atoms. The van der Waals surface area contributed by atoms with Gasteiger partial charge in [0.05, 0.1) is 16.5 Å². The molecule has 1 aromatic carbocycles. The van der Waals surface area contributed by atoms with Crippen molar-refractivity contribution < 1.29 is 13.2 Å². The van der Waals surface area contributed by atoms with Crippen molar-refractivity contribution in [2.75, 3.05) is 14.1 Å². The summed E-state index contributed by atoms with van der Waals surface area (Å²) in [5.41, 5.74) is 5.55. The van der Waals surface area contributed by atoms with Crippen LogP contribution in [0.1, 0.15) is 11.1 Å². The van der Waals surface area contributed by atoms with E-state index in [-0.39, 0.29) is 10.5 Å². The minimum Gasteiger partial charge on any atom is -0.366 e. The third-order valence-electron chi connectivity index (χ3n) is 2.35. The van der Waals surface area contributed by atoms with Crippen LogP contribution >= 0.6 is 0 Å². The Balaban J connectivity index is 3.40. The van der Waals surface area contributed by atoms with Crippen molar-refractivity contribution in [1.29, 1.82) is 5.26 Å². The normalized spacial score (nSPS) is 11.7. The van der Waals surface area contributed by atoms with Gasteiger partial charge in [0.25, 0.3) is 0 Å². The summed E-state index contributed by atoms with van der Waals surface area (Å²) in [6.07, 6.45) is 2.39. The maximum absolute atomic E-state index is 11.9. The molecular weight excluding hydrogens is 266 g/mol. The number of benzene rings is 1. The predicted octanol–water partition coefficient (Wildman–Crippen LogP) is 0.307. The Bertz CT molecular complexity index is 670. The van der Waals surface area contributed by atoms with Gasteiger partial charge in [-0.2, -0.15) is 5.26 Å². The SMILES string of the molecule is CN(C)S(=O)(=O)c1ccc(C#N)c(/C=C\C(N)=O)c1. The molecule has 0 saturated carbocycles. The van der Waals surface area contributed by atoms with Crippen LogP contribution in [-0.4, -0.2) is 32.7 Å². The fraction of sp³-hybridized carbons (Fsp3) is 0.167. The Morgan fingerprint density at radius 3 is 2.53 bits per heavy atom. The molecule has 0 aromatic heterocycles. The first kappa shape index (κ1) is 14.9.